The zero-order valence-electron chi connectivity index (χ0n) is 16.8. The van der Waals surface area contributed by atoms with Gasteiger partial charge in [0.2, 0.25) is 0 Å². The molecule has 1 saturated heterocycles. The van der Waals surface area contributed by atoms with Gasteiger partial charge in [-0.05, 0) is 72.3 Å². The minimum Gasteiger partial charge on any atom is -0.508 e. The van der Waals surface area contributed by atoms with E-state index in [0.29, 0.717) is 17.8 Å². The number of likely N-dealkylation sites (tertiary alicyclic amines) is 1. The number of nitrogens with zero attached hydrogens (tertiary/aromatic N) is 1. The van der Waals surface area contributed by atoms with Crippen LogP contribution in [-0.2, 0) is 6.42 Å². The second-order valence-corrected chi connectivity index (χ2v) is 8.45. The number of fused-ring (bicyclic) bond motifs is 1. The number of phenols is 1. The number of likely N-dealkylation sites (N-methyl/N-ethyl adjacent to an activating group) is 1. The summed E-state index contributed by atoms with van der Waals surface area (Å²) in [6.07, 6.45) is 2.38. The third kappa shape index (κ3) is 3.63. The Bertz CT molecular complexity index is 977. The Morgan fingerprint density at radius 3 is 2.38 bits per heavy atom. The first-order chi connectivity index (χ1) is 14.2. The molecule has 3 heteroatoms. The molecule has 1 fully saturated rings. The van der Waals surface area contributed by atoms with Gasteiger partial charge in [-0.2, -0.15) is 0 Å². The summed E-state index contributed by atoms with van der Waals surface area (Å²) in [6, 6.07) is 25.4. The van der Waals surface area contributed by atoms with E-state index < -0.39 is 0 Å². The van der Waals surface area contributed by atoms with Crippen LogP contribution in [0.4, 0.5) is 0 Å². The fourth-order valence-corrected chi connectivity index (χ4v) is 4.94. The summed E-state index contributed by atoms with van der Waals surface area (Å²) in [5.41, 5.74) is 5.29. The van der Waals surface area contributed by atoms with E-state index in [0.717, 1.165) is 31.7 Å². The highest BCUT2D eigenvalue weighted by Gasteiger charge is 2.32. The van der Waals surface area contributed by atoms with Gasteiger partial charge < -0.3 is 9.84 Å². The van der Waals surface area contributed by atoms with E-state index in [1.54, 1.807) is 0 Å². The Morgan fingerprint density at radius 2 is 1.66 bits per heavy atom. The van der Waals surface area contributed by atoms with Crippen LogP contribution in [0.5, 0.6) is 11.5 Å². The van der Waals surface area contributed by atoms with Gasteiger partial charge in [0.15, 0.2) is 0 Å². The molecule has 0 amide bonds. The van der Waals surface area contributed by atoms with Crippen molar-refractivity contribution in [3.05, 3.63) is 95.1 Å². The minimum atomic E-state index is 0.283. The van der Waals surface area contributed by atoms with Gasteiger partial charge in [-0.15, -0.1) is 0 Å². The number of hydrogen-bond acceptors (Lipinski definition) is 3. The number of hydrogen-bond donors (Lipinski definition) is 1. The molecule has 148 valence electrons. The number of aryl methyl sites for hydroxylation is 1. The number of phenolic OH excluding ortho intramolecular Hbond substituents is 1. The fourth-order valence-electron chi connectivity index (χ4n) is 4.94. The summed E-state index contributed by atoms with van der Waals surface area (Å²) in [5, 5.41) is 9.98. The maximum atomic E-state index is 9.98. The van der Waals surface area contributed by atoms with Crippen molar-refractivity contribution in [3.8, 4) is 11.5 Å². The van der Waals surface area contributed by atoms with E-state index in [4.69, 9.17) is 4.74 Å². The topological polar surface area (TPSA) is 32.7 Å². The molecule has 1 aliphatic carbocycles. The van der Waals surface area contributed by atoms with Gasteiger partial charge in [0.25, 0.3) is 0 Å². The second-order valence-electron chi connectivity index (χ2n) is 8.45. The van der Waals surface area contributed by atoms with Crippen LogP contribution in [0.1, 0.15) is 40.5 Å². The van der Waals surface area contributed by atoms with E-state index in [1.807, 2.05) is 12.1 Å². The van der Waals surface area contributed by atoms with Crippen molar-refractivity contribution in [2.75, 3.05) is 20.1 Å². The predicted molar refractivity (Wildman–Crippen MR) is 116 cm³/mol. The van der Waals surface area contributed by atoms with E-state index in [-0.39, 0.29) is 5.92 Å². The quantitative estimate of drug-likeness (QED) is 0.690. The summed E-state index contributed by atoms with van der Waals surface area (Å²) in [6.45, 7) is 1.99. The van der Waals surface area contributed by atoms with Crippen LogP contribution in [0, 0.1) is 0 Å². The summed E-state index contributed by atoms with van der Waals surface area (Å²) >= 11 is 0. The van der Waals surface area contributed by atoms with Crippen molar-refractivity contribution in [3.63, 3.8) is 0 Å². The van der Waals surface area contributed by atoms with Gasteiger partial charge in [0.1, 0.15) is 17.6 Å². The average Bonchev–Trinajstić information content (AvgIpc) is 2.73. The summed E-state index contributed by atoms with van der Waals surface area (Å²) < 4.78 is 6.08. The van der Waals surface area contributed by atoms with Gasteiger partial charge >= 0.3 is 0 Å². The second kappa shape index (κ2) is 7.57. The van der Waals surface area contributed by atoms with Gasteiger partial charge in [0.05, 0.1) is 0 Å². The molecule has 29 heavy (non-hydrogen) atoms. The Morgan fingerprint density at radius 1 is 0.897 bits per heavy atom. The smallest absolute Gasteiger partial charge is 0.124 e. The molecular formula is C26H27NO2. The highest BCUT2D eigenvalue weighted by Crippen LogP contribution is 2.47. The highest BCUT2D eigenvalue weighted by atomic mass is 16.5. The lowest BCUT2D eigenvalue weighted by molar-refractivity contribution is 0.0388. The van der Waals surface area contributed by atoms with Crippen molar-refractivity contribution in [1.29, 1.82) is 0 Å². The van der Waals surface area contributed by atoms with Gasteiger partial charge in [0, 0.05) is 19.0 Å². The largest absolute Gasteiger partial charge is 0.508 e. The molecule has 3 aromatic carbocycles. The Balaban J connectivity index is 1.48. The molecule has 1 heterocycles. The maximum Gasteiger partial charge on any atom is 0.124 e. The van der Waals surface area contributed by atoms with Crippen molar-refractivity contribution >= 4 is 0 Å². The molecule has 3 nitrogen and oxygen atoms in total. The molecule has 0 bridgehead atoms. The van der Waals surface area contributed by atoms with E-state index >= 15 is 0 Å². The molecule has 2 unspecified atom stereocenters. The predicted octanol–water partition coefficient (Wildman–Crippen LogP) is 4.95. The van der Waals surface area contributed by atoms with Crippen molar-refractivity contribution in [2.24, 2.45) is 0 Å². The monoisotopic (exact) mass is 385 g/mol. The Kier molecular flexibility index (Phi) is 4.76. The van der Waals surface area contributed by atoms with Crippen LogP contribution in [0.2, 0.25) is 0 Å². The first-order valence-corrected chi connectivity index (χ1v) is 10.5. The zero-order valence-corrected chi connectivity index (χ0v) is 16.8. The van der Waals surface area contributed by atoms with Gasteiger partial charge in [-0.1, -0.05) is 48.5 Å². The number of benzene rings is 3. The molecule has 5 rings (SSSR count). The lowest BCUT2D eigenvalue weighted by Crippen LogP contribution is -2.51. The summed E-state index contributed by atoms with van der Waals surface area (Å²) in [4.78, 5) is 2.26. The van der Waals surface area contributed by atoms with Crippen LogP contribution in [0.25, 0.3) is 0 Å². The van der Waals surface area contributed by atoms with Gasteiger partial charge in [-0.25, -0.2) is 0 Å². The third-order valence-electron chi connectivity index (χ3n) is 6.39. The van der Waals surface area contributed by atoms with Gasteiger partial charge in [-0.3, -0.25) is 4.90 Å². The van der Waals surface area contributed by atoms with Crippen molar-refractivity contribution < 1.29 is 9.84 Å². The van der Waals surface area contributed by atoms with E-state index in [2.05, 4.69) is 72.6 Å². The molecule has 0 spiro atoms. The van der Waals surface area contributed by atoms with Crippen molar-refractivity contribution in [2.45, 2.75) is 30.8 Å². The van der Waals surface area contributed by atoms with Crippen LogP contribution in [0.15, 0.2) is 72.8 Å². The zero-order chi connectivity index (χ0) is 19.8. The Labute approximate surface area is 172 Å². The number of rotatable bonds is 4. The fraction of sp³-hybridized carbons (Fsp3) is 0.308. The lowest BCUT2D eigenvalue weighted by Gasteiger charge is -2.36. The molecule has 1 aliphatic heterocycles. The highest BCUT2D eigenvalue weighted by molar-refractivity contribution is 5.48. The van der Waals surface area contributed by atoms with Crippen LogP contribution < -0.4 is 4.74 Å². The van der Waals surface area contributed by atoms with Crippen LogP contribution in [-0.4, -0.2) is 36.2 Å². The van der Waals surface area contributed by atoms with E-state index in [9.17, 15) is 5.11 Å². The van der Waals surface area contributed by atoms with Crippen LogP contribution >= 0.6 is 0 Å². The molecule has 0 saturated carbocycles. The lowest BCUT2D eigenvalue weighted by atomic mass is 9.69. The van der Waals surface area contributed by atoms with Crippen molar-refractivity contribution in [1.82, 2.24) is 4.90 Å². The molecule has 2 aliphatic rings. The first kappa shape index (κ1) is 18.3. The molecule has 2 atom stereocenters. The third-order valence-corrected chi connectivity index (χ3v) is 6.39. The molecule has 0 aromatic heterocycles. The molecule has 0 radical (unpaired) electrons. The maximum absolute atomic E-state index is 9.98. The molecular weight excluding hydrogens is 358 g/mol. The first-order valence-electron chi connectivity index (χ1n) is 10.5. The number of ether oxygens (including phenoxy) is 1. The SMILES string of the molecule is CN1CC(Oc2ccc(C3c4ccc(O)cc4CCC3c3ccccc3)cc2)C1. The summed E-state index contributed by atoms with van der Waals surface area (Å²) in [5.74, 6) is 2.02. The van der Waals surface area contributed by atoms with E-state index in [1.165, 1.54) is 22.3 Å². The summed E-state index contributed by atoms with van der Waals surface area (Å²) in [7, 11) is 2.12. The molecule has 1 N–H and O–H groups in total. The average molecular weight is 386 g/mol. The molecule has 3 aromatic rings. The number of aromatic hydroxyl groups is 1. The van der Waals surface area contributed by atoms with Crippen LogP contribution in [0.3, 0.4) is 0 Å². The Hall–Kier alpha value is -2.78. The minimum absolute atomic E-state index is 0.283. The normalized spacial score (nSPS) is 22.0. The standard InChI is InChI=1S/C26H27NO2/c1-27-16-23(17-27)29-22-11-7-19(8-12-22)26-24(18-5-3-2-4-6-18)13-9-20-15-21(28)10-14-25(20)26/h2-8,10-12,14-15,23-24,26,28H,9,13,16-17H2,1H3.